The summed E-state index contributed by atoms with van der Waals surface area (Å²) in [6.45, 7) is 0. The van der Waals surface area contributed by atoms with Crippen LogP contribution in [-0.4, -0.2) is 44.8 Å². The third-order valence-corrected chi connectivity index (χ3v) is 7.52. The van der Waals surface area contributed by atoms with E-state index < -0.39 is 0 Å². The fraction of sp³-hybridized carbons (Fsp3) is 0.290. The van der Waals surface area contributed by atoms with Gasteiger partial charge in [-0.1, -0.05) is 41.9 Å². The zero-order valence-electron chi connectivity index (χ0n) is 21.9. The zero-order chi connectivity index (χ0) is 26.1. The molecule has 3 aromatic rings. The Morgan fingerprint density at radius 3 is 2.22 bits per heavy atom. The van der Waals surface area contributed by atoms with Gasteiger partial charge in [-0.25, -0.2) is 5.01 Å². The second kappa shape index (κ2) is 10.4. The van der Waals surface area contributed by atoms with Crippen LogP contribution in [0, 0.1) is 5.92 Å². The van der Waals surface area contributed by atoms with E-state index in [4.69, 9.17) is 16.7 Å². The predicted octanol–water partition coefficient (Wildman–Crippen LogP) is 6.91. The molecule has 0 saturated heterocycles. The third kappa shape index (κ3) is 5.14. The maximum atomic E-state index is 13.8. The number of carbonyl (C=O) groups excluding carboxylic acids is 1. The number of rotatable bonds is 5. The van der Waals surface area contributed by atoms with E-state index in [-0.39, 0.29) is 17.9 Å². The van der Waals surface area contributed by atoms with Crippen LogP contribution in [0.5, 0.6) is 0 Å². The van der Waals surface area contributed by atoms with E-state index in [1.165, 1.54) is 11.3 Å². The highest BCUT2D eigenvalue weighted by molar-refractivity contribution is 6.31. The van der Waals surface area contributed by atoms with Crippen LogP contribution in [0.1, 0.15) is 46.8 Å². The average molecular weight is 513 g/mol. The second-order valence-corrected chi connectivity index (χ2v) is 10.7. The minimum atomic E-state index is -0.155. The molecule has 3 aromatic carbocycles. The lowest BCUT2D eigenvalue weighted by atomic mass is 9.77. The van der Waals surface area contributed by atoms with Gasteiger partial charge in [0.25, 0.3) is 5.91 Å². The lowest BCUT2D eigenvalue weighted by Crippen LogP contribution is -2.32. The molecular formula is C31H33ClN4O. The fourth-order valence-electron chi connectivity index (χ4n) is 5.29. The van der Waals surface area contributed by atoms with Crippen LogP contribution >= 0.6 is 11.6 Å². The van der Waals surface area contributed by atoms with Gasteiger partial charge in [-0.15, -0.1) is 0 Å². The van der Waals surface area contributed by atoms with Crippen LogP contribution in [0.2, 0.25) is 5.02 Å². The van der Waals surface area contributed by atoms with Crippen molar-refractivity contribution in [2.45, 2.75) is 25.3 Å². The molecule has 1 amide bonds. The van der Waals surface area contributed by atoms with Crippen LogP contribution in [0.15, 0.2) is 83.5 Å². The van der Waals surface area contributed by atoms with Gasteiger partial charge < -0.3 is 9.80 Å². The van der Waals surface area contributed by atoms with E-state index in [1.807, 2.05) is 40.3 Å². The molecule has 0 N–H and O–H groups in total. The van der Waals surface area contributed by atoms with E-state index in [9.17, 15) is 4.79 Å². The molecule has 0 unspecified atom stereocenters. The Balaban J connectivity index is 1.55. The molecule has 2 aliphatic rings. The Kier molecular flexibility index (Phi) is 7.07. The molecule has 1 fully saturated rings. The molecule has 1 aliphatic heterocycles. The average Bonchev–Trinajstić information content (AvgIpc) is 3.29. The first-order valence-corrected chi connectivity index (χ1v) is 13.1. The van der Waals surface area contributed by atoms with Gasteiger partial charge in [0.15, 0.2) is 0 Å². The predicted molar refractivity (Wildman–Crippen MR) is 155 cm³/mol. The number of fused-ring (bicyclic) bond motifs is 1. The summed E-state index contributed by atoms with van der Waals surface area (Å²) in [5.41, 5.74) is 7.33. The topological polar surface area (TPSA) is 39.1 Å². The van der Waals surface area contributed by atoms with E-state index in [2.05, 4.69) is 64.4 Å². The Labute approximate surface area is 224 Å². The summed E-state index contributed by atoms with van der Waals surface area (Å²) in [6, 6.07) is 24.0. The number of amides is 1. The van der Waals surface area contributed by atoms with Crippen molar-refractivity contribution in [2.75, 3.05) is 38.0 Å². The highest BCUT2D eigenvalue weighted by Gasteiger charge is 2.44. The summed E-state index contributed by atoms with van der Waals surface area (Å²) in [5, 5.41) is 7.27. The van der Waals surface area contributed by atoms with Gasteiger partial charge in [-0.2, -0.15) is 5.10 Å². The molecule has 0 radical (unpaired) electrons. The van der Waals surface area contributed by atoms with Gasteiger partial charge in [0.1, 0.15) is 0 Å². The number of hydrazone groups is 1. The molecule has 0 bridgehead atoms. The van der Waals surface area contributed by atoms with Crippen LogP contribution < -0.4 is 9.80 Å². The minimum Gasteiger partial charge on any atom is -0.378 e. The van der Waals surface area contributed by atoms with E-state index in [1.54, 1.807) is 17.1 Å². The molecule has 1 aliphatic carbocycles. The Morgan fingerprint density at radius 2 is 1.59 bits per heavy atom. The van der Waals surface area contributed by atoms with Crippen molar-refractivity contribution in [1.82, 2.24) is 5.01 Å². The normalized spacial score (nSPS) is 20.0. The lowest BCUT2D eigenvalue weighted by Gasteiger charge is -2.30. The summed E-state index contributed by atoms with van der Waals surface area (Å²) in [7, 11) is 8.15. The summed E-state index contributed by atoms with van der Waals surface area (Å²) in [6.07, 6.45) is 5.26. The number of benzene rings is 3. The van der Waals surface area contributed by atoms with Crippen LogP contribution in [0.25, 0.3) is 6.08 Å². The largest absolute Gasteiger partial charge is 0.378 e. The molecule has 2 atom stereocenters. The fourth-order valence-corrected chi connectivity index (χ4v) is 5.48. The quantitative estimate of drug-likeness (QED) is 0.373. The first kappa shape index (κ1) is 25.1. The highest BCUT2D eigenvalue weighted by Crippen LogP contribution is 2.45. The van der Waals surface area contributed by atoms with Crippen molar-refractivity contribution in [3.8, 4) is 0 Å². The van der Waals surface area contributed by atoms with Gasteiger partial charge in [0.05, 0.1) is 11.8 Å². The molecule has 37 heavy (non-hydrogen) atoms. The van der Waals surface area contributed by atoms with Crippen molar-refractivity contribution in [2.24, 2.45) is 11.0 Å². The Morgan fingerprint density at radius 1 is 0.946 bits per heavy atom. The molecule has 1 heterocycles. The number of hydrogen-bond acceptors (Lipinski definition) is 4. The van der Waals surface area contributed by atoms with Gasteiger partial charge in [0, 0.05) is 56.1 Å². The number of allylic oxidation sites excluding steroid dienone is 1. The van der Waals surface area contributed by atoms with E-state index in [0.717, 1.165) is 41.8 Å². The third-order valence-electron chi connectivity index (χ3n) is 7.28. The van der Waals surface area contributed by atoms with E-state index >= 15 is 0 Å². The Bertz CT molecular complexity index is 1340. The van der Waals surface area contributed by atoms with Crippen LogP contribution in [0.4, 0.5) is 11.4 Å². The maximum absolute atomic E-state index is 13.8. The van der Waals surface area contributed by atoms with Gasteiger partial charge in [0.2, 0.25) is 0 Å². The molecule has 190 valence electrons. The van der Waals surface area contributed by atoms with Crippen molar-refractivity contribution in [3.05, 3.63) is 100 Å². The van der Waals surface area contributed by atoms with Gasteiger partial charge >= 0.3 is 0 Å². The molecular weight excluding hydrogens is 480 g/mol. The number of carbonyl (C=O) groups is 1. The molecule has 0 aromatic heterocycles. The van der Waals surface area contributed by atoms with E-state index in [0.29, 0.717) is 10.6 Å². The van der Waals surface area contributed by atoms with Crippen LogP contribution in [0.3, 0.4) is 0 Å². The molecule has 5 rings (SSSR count). The number of anilines is 2. The first-order valence-electron chi connectivity index (χ1n) is 12.7. The standard InChI is InChI=1S/C31H33ClN4O/c1-34(2)26-15-11-21(12-16-26)19-23-7-6-10-28-29(23)33-36(31(37)24-8-5-9-25(32)20-24)30(28)22-13-17-27(18-14-22)35(3)4/h5,8-9,11-20,28,30H,6-7,10H2,1-4H3/b23-19-/t28-,30-/m1/s1. The minimum absolute atomic E-state index is 0.124. The SMILES string of the molecule is CN(C)c1ccc(/C=C2/CCC[C@@H]3C2=NN(C(=O)c2cccc(Cl)c2)[C@@H]3c2ccc(N(C)C)cc2)cc1. The van der Waals surface area contributed by atoms with Crippen LogP contribution in [-0.2, 0) is 0 Å². The van der Waals surface area contributed by atoms with Crippen molar-refractivity contribution in [1.29, 1.82) is 0 Å². The summed E-state index contributed by atoms with van der Waals surface area (Å²) >= 11 is 6.24. The summed E-state index contributed by atoms with van der Waals surface area (Å²) < 4.78 is 0. The van der Waals surface area contributed by atoms with Crippen molar-refractivity contribution in [3.63, 3.8) is 0 Å². The molecule has 1 saturated carbocycles. The maximum Gasteiger partial charge on any atom is 0.274 e. The monoisotopic (exact) mass is 512 g/mol. The molecule has 5 nitrogen and oxygen atoms in total. The number of nitrogens with zero attached hydrogens (tertiary/aromatic N) is 4. The summed E-state index contributed by atoms with van der Waals surface area (Å²) in [4.78, 5) is 18.0. The number of hydrogen-bond donors (Lipinski definition) is 0. The molecule has 0 spiro atoms. The Hall–Kier alpha value is -3.57. The molecule has 6 heteroatoms. The van der Waals surface area contributed by atoms with Gasteiger partial charge in [-0.05, 0) is 84.5 Å². The van der Waals surface area contributed by atoms with Crippen molar-refractivity contribution >= 4 is 40.7 Å². The van der Waals surface area contributed by atoms with Gasteiger partial charge in [-0.3, -0.25) is 4.79 Å². The lowest BCUT2D eigenvalue weighted by molar-refractivity contribution is 0.0681. The van der Waals surface area contributed by atoms with Crippen molar-refractivity contribution < 1.29 is 4.79 Å². The number of halogens is 1. The smallest absolute Gasteiger partial charge is 0.274 e. The summed E-state index contributed by atoms with van der Waals surface area (Å²) in [5.74, 6) is 0.0233. The second-order valence-electron chi connectivity index (χ2n) is 10.2. The highest BCUT2D eigenvalue weighted by atomic mass is 35.5. The zero-order valence-corrected chi connectivity index (χ0v) is 22.6. The first-order chi connectivity index (χ1) is 17.8.